The molecule has 1 fully saturated rings. The normalized spacial score (nSPS) is 15.5. The van der Waals surface area contributed by atoms with Gasteiger partial charge in [-0.2, -0.15) is 0 Å². The van der Waals surface area contributed by atoms with Crippen molar-refractivity contribution in [2.45, 2.75) is 101 Å². The first kappa shape index (κ1) is 23.4. The maximum absolute atomic E-state index is 12.7. The van der Waals surface area contributed by atoms with Crippen molar-refractivity contribution < 1.29 is 13.2 Å². The van der Waals surface area contributed by atoms with Gasteiger partial charge >= 0.3 is 0 Å². The average molecular weight is 409 g/mol. The molecule has 2 rings (SSSR count). The highest BCUT2D eigenvalue weighted by Crippen LogP contribution is 2.30. The zero-order valence-electron chi connectivity index (χ0n) is 18.0. The summed E-state index contributed by atoms with van der Waals surface area (Å²) in [6.07, 6.45) is 13.2. The summed E-state index contributed by atoms with van der Waals surface area (Å²) in [5.74, 6) is 0.819. The Bertz CT molecular complexity index is 646. The molecule has 0 aliphatic heterocycles. The number of rotatable bonds is 14. The monoisotopic (exact) mass is 408 g/mol. The van der Waals surface area contributed by atoms with Crippen LogP contribution < -0.4 is 0 Å². The molecule has 160 valence electrons. The van der Waals surface area contributed by atoms with Crippen molar-refractivity contribution in [2.75, 3.05) is 13.2 Å². The van der Waals surface area contributed by atoms with Gasteiger partial charge in [0.05, 0.1) is 10.1 Å². The molecule has 1 saturated carbocycles. The number of aryl methyl sites for hydroxylation is 1. The van der Waals surface area contributed by atoms with Crippen LogP contribution in [0.1, 0.15) is 90.0 Å². The van der Waals surface area contributed by atoms with Crippen LogP contribution in [0.25, 0.3) is 0 Å². The maximum Gasteiger partial charge on any atom is 0.181 e. The van der Waals surface area contributed by atoms with Crippen molar-refractivity contribution in [3.05, 3.63) is 29.8 Å². The number of hydrogen-bond donors (Lipinski definition) is 0. The SMILES string of the molecule is CC(C)CCCCCCOCCCCc1cccc(S(=O)(=O)C2CCCC2)c1. The third-order valence-corrected chi connectivity index (χ3v) is 8.05. The number of sulfone groups is 1. The minimum Gasteiger partial charge on any atom is -0.381 e. The summed E-state index contributed by atoms with van der Waals surface area (Å²) in [5.41, 5.74) is 1.13. The van der Waals surface area contributed by atoms with Gasteiger partial charge in [-0.3, -0.25) is 0 Å². The molecule has 0 spiro atoms. The maximum atomic E-state index is 12.7. The van der Waals surface area contributed by atoms with Crippen LogP contribution in [-0.2, 0) is 21.0 Å². The van der Waals surface area contributed by atoms with Crippen LogP contribution in [0.2, 0.25) is 0 Å². The summed E-state index contributed by atoms with van der Waals surface area (Å²) in [5, 5.41) is -0.165. The second-order valence-electron chi connectivity index (χ2n) is 8.77. The molecule has 1 aliphatic carbocycles. The van der Waals surface area contributed by atoms with Gasteiger partial charge < -0.3 is 4.74 Å². The molecule has 0 amide bonds. The Labute approximate surface area is 173 Å². The summed E-state index contributed by atoms with van der Waals surface area (Å²) in [7, 11) is -3.14. The molecule has 0 aromatic heterocycles. The second kappa shape index (κ2) is 12.6. The smallest absolute Gasteiger partial charge is 0.181 e. The Morgan fingerprint density at radius 2 is 1.64 bits per heavy atom. The number of hydrogen-bond acceptors (Lipinski definition) is 3. The average Bonchev–Trinajstić information content (AvgIpc) is 3.22. The molecular weight excluding hydrogens is 368 g/mol. The van der Waals surface area contributed by atoms with Crippen molar-refractivity contribution in [3.63, 3.8) is 0 Å². The Hall–Kier alpha value is -0.870. The van der Waals surface area contributed by atoms with Crippen molar-refractivity contribution in [3.8, 4) is 0 Å². The molecule has 0 bridgehead atoms. The Morgan fingerprint density at radius 3 is 2.36 bits per heavy atom. The minimum atomic E-state index is -3.14. The van der Waals surface area contributed by atoms with Gasteiger partial charge in [-0.05, 0) is 62.1 Å². The predicted molar refractivity (Wildman–Crippen MR) is 118 cm³/mol. The van der Waals surface area contributed by atoms with Crippen LogP contribution in [0, 0.1) is 5.92 Å². The largest absolute Gasteiger partial charge is 0.381 e. The van der Waals surface area contributed by atoms with E-state index in [1.54, 1.807) is 6.07 Å². The van der Waals surface area contributed by atoms with Crippen LogP contribution in [0.15, 0.2) is 29.2 Å². The van der Waals surface area contributed by atoms with Crippen LogP contribution in [-0.4, -0.2) is 26.9 Å². The molecule has 0 saturated heterocycles. The fraction of sp³-hybridized carbons (Fsp3) is 0.750. The molecular formula is C24H40O3S. The van der Waals surface area contributed by atoms with E-state index in [2.05, 4.69) is 13.8 Å². The third kappa shape index (κ3) is 8.24. The van der Waals surface area contributed by atoms with Gasteiger partial charge in [0.25, 0.3) is 0 Å². The zero-order chi connectivity index (χ0) is 20.2. The summed E-state index contributed by atoms with van der Waals surface area (Å²) in [4.78, 5) is 0.519. The van der Waals surface area contributed by atoms with Gasteiger partial charge in [0.1, 0.15) is 0 Å². The molecule has 0 N–H and O–H groups in total. The topological polar surface area (TPSA) is 43.4 Å². The molecule has 0 radical (unpaired) electrons. The third-order valence-electron chi connectivity index (χ3n) is 5.79. The highest BCUT2D eigenvalue weighted by molar-refractivity contribution is 7.92. The molecule has 4 heteroatoms. The molecule has 1 aromatic rings. The van der Waals surface area contributed by atoms with Gasteiger partial charge in [-0.1, -0.05) is 64.5 Å². The summed E-state index contributed by atoms with van der Waals surface area (Å²) in [6.45, 7) is 6.25. The highest BCUT2D eigenvalue weighted by Gasteiger charge is 2.30. The Balaban J connectivity index is 1.58. The van der Waals surface area contributed by atoms with Crippen LogP contribution in [0.3, 0.4) is 0 Å². The first-order valence-electron chi connectivity index (χ1n) is 11.4. The van der Waals surface area contributed by atoms with Gasteiger partial charge in [-0.25, -0.2) is 8.42 Å². The van der Waals surface area contributed by atoms with E-state index >= 15 is 0 Å². The molecule has 28 heavy (non-hydrogen) atoms. The van der Waals surface area contributed by atoms with E-state index in [-0.39, 0.29) is 5.25 Å². The minimum absolute atomic E-state index is 0.165. The number of benzene rings is 1. The van der Waals surface area contributed by atoms with E-state index in [1.807, 2.05) is 18.2 Å². The van der Waals surface area contributed by atoms with Gasteiger partial charge in [-0.15, -0.1) is 0 Å². The van der Waals surface area contributed by atoms with E-state index in [0.717, 1.165) is 69.6 Å². The molecule has 0 unspecified atom stereocenters. The molecule has 3 nitrogen and oxygen atoms in total. The zero-order valence-corrected chi connectivity index (χ0v) is 18.8. The molecule has 0 atom stereocenters. The van der Waals surface area contributed by atoms with Crippen molar-refractivity contribution >= 4 is 9.84 Å². The number of unbranched alkanes of at least 4 members (excludes halogenated alkanes) is 4. The first-order chi connectivity index (χ1) is 13.5. The molecule has 0 heterocycles. The lowest BCUT2D eigenvalue weighted by atomic mass is 10.0. The lowest BCUT2D eigenvalue weighted by Crippen LogP contribution is -2.17. The fourth-order valence-electron chi connectivity index (χ4n) is 4.01. The highest BCUT2D eigenvalue weighted by atomic mass is 32.2. The predicted octanol–water partition coefficient (Wildman–Crippen LogP) is 6.35. The first-order valence-corrected chi connectivity index (χ1v) is 13.0. The van der Waals surface area contributed by atoms with Crippen molar-refractivity contribution in [1.29, 1.82) is 0 Å². The van der Waals surface area contributed by atoms with E-state index in [9.17, 15) is 8.42 Å². The standard InChI is InChI=1S/C24H40O3S/c1-21(2)12-5-3-4-9-18-27-19-10-8-13-22-14-11-17-24(20-22)28(25,26)23-15-6-7-16-23/h11,14,17,20-21,23H,3-10,12-13,15-16,18-19H2,1-2H3. The summed E-state index contributed by atoms with van der Waals surface area (Å²) in [6, 6.07) is 7.60. The summed E-state index contributed by atoms with van der Waals surface area (Å²) < 4.78 is 31.2. The van der Waals surface area contributed by atoms with Gasteiger partial charge in [0.2, 0.25) is 0 Å². The van der Waals surface area contributed by atoms with E-state index in [1.165, 1.54) is 32.1 Å². The lowest BCUT2D eigenvalue weighted by Gasteiger charge is -2.12. The quantitative estimate of drug-likeness (QED) is 0.337. The van der Waals surface area contributed by atoms with Gasteiger partial charge in [0, 0.05) is 13.2 Å². The van der Waals surface area contributed by atoms with E-state index in [4.69, 9.17) is 4.74 Å². The Morgan fingerprint density at radius 1 is 0.964 bits per heavy atom. The van der Waals surface area contributed by atoms with Crippen molar-refractivity contribution in [1.82, 2.24) is 0 Å². The van der Waals surface area contributed by atoms with E-state index < -0.39 is 9.84 Å². The molecule has 1 aromatic carbocycles. The van der Waals surface area contributed by atoms with Crippen LogP contribution >= 0.6 is 0 Å². The van der Waals surface area contributed by atoms with Crippen LogP contribution in [0.4, 0.5) is 0 Å². The lowest BCUT2D eigenvalue weighted by molar-refractivity contribution is 0.126. The van der Waals surface area contributed by atoms with Crippen molar-refractivity contribution in [2.24, 2.45) is 5.92 Å². The summed E-state index contributed by atoms with van der Waals surface area (Å²) >= 11 is 0. The fourth-order valence-corrected chi connectivity index (χ4v) is 5.94. The van der Waals surface area contributed by atoms with Gasteiger partial charge in [0.15, 0.2) is 9.84 Å². The van der Waals surface area contributed by atoms with E-state index in [0.29, 0.717) is 4.90 Å². The molecule has 1 aliphatic rings. The Kier molecular flexibility index (Phi) is 10.6. The number of ether oxygens (including phenoxy) is 1. The van der Waals surface area contributed by atoms with Crippen LogP contribution in [0.5, 0.6) is 0 Å². The second-order valence-corrected chi connectivity index (χ2v) is 11.0.